The third-order valence-electron chi connectivity index (χ3n) is 3.59. The highest BCUT2D eigenvalue weighted by Crippen LogP contribution is 2.35. The lowest BCUT2D eigenvalue weighted by atomic mass is 9.99. The van der Waals surface area contributed by atoms with E-state index in [9.17, 15) is 0 Å². The van der Waals surface area contributed by atoms with Gasteiger partial charge in [-0.15, -0.1) is 11.8 Å². The highest BCUT2D eigenvalue weighted by Gasteiger charge is 2.21. The predicted octanol–water partition coefficient (Wildman–Crippen LogP) is 3.27. The van der Waals surface area contributed by atoms with Gasteiger partial charge in [-0.2, -0.15) is 0 Å². The minimum atomic E-state index is 0.752. The molecule has 1 nitrogen and oxygen atoms in total. The third-order valence-corrected chi connectivity index (χ3v) is 4.84. The number of rotatable bonds is 4. The van der Waals surface area contributed by atoms with Gasteiger partial charge in [0, 0.05) is 17.2 Å². The van der Waals surface area contributed by atoms with Gasteiger partial charge in [0.05, 0.1) is 0 Å². The SMILES string of the molecule is c1cc(C2CCNC2)ccc1SCC1CC1. The van der Waals surface area contributed by atoms with E-state index in [-0.39, 0.29) is 0 Å². The van der Waals surface area contributed by atoms with Gasteiger partial charge >= 0.3 is 0 Å². The van der Waals surface area contributed by atoms with E-state index in [1.54, 1.807) is 0 Å². The third kappa shape index (κ3) is 2.61. The molecule has 2 heteroatoms. The number of hydrogen-bond acceptors (Lipinski definition) is 2. The summed E-state index contributed by atoms with van der Waals surface area (Å²) in [6, 6.07) is 9.27. The molecule has 1 saturated heterocycles. The zero-order valence-corrected chi connectivity index (χ0v) is 10.4. The van der Waals surface area contributed by atoms with Crippen molar-refractivity contribution < 1.29 is 0 Å². The Labute approximate surface area is 102 Å². The zero-order valence-electron chi connectivity index (χ0n) is 9.61. The molecule has 86 valence electrons. The van der Waals surface area contributed by atoms with E-state index in [2.05, 4.69) is 29.6 Å². The quantitative estimate of drug-likeness (QED) is 0.801. The Bertz CT molecular complexity index is 336. The Morgan fingerprint density at radius 2 is 1.94 bits per heavy atom. The van der Waals surface area contributed by atoms with Crippen molar-refractivity contribution in [2.75, 3.05) is 18.8 Å². The van der Waals surface area contributed by atoms with Crippen LogP contribution in [0.5, 0.6) is 0 Å². The van der Waals surface area contributed by atoms with Crippen LogP contribution in [0.2, 0.25) is 0 Å². The maximum atomic E-state index is 3.43. The van der Waals surface area contributed by atoms with Gasteiger partial charge in [-0.1, -0.05) is 12.1 Å². The molecule has 1 aromatic carbocycles. The van der Waals surface area contributed by atoms with Gasteiger partial charge in [-0.3, -0.25) is 0 Å². The maximum absolute atomic E-state index is 3.43. The van der Waals surface area contributed by atoms with Crippen LogP contribution in [-0.4, -0.2) is 18.8 Å². The van der Waals surface area contributed by atoms with Gasteiger partial charge in [0.1, 0.15) is 0 Å². The monoisotopic (exact) mass is 233 g/mol. The Morgan fingerprint density at radius 1 is 1.12 bits per heavy atom. The van der Waals surface area contributed by atoms with Crippen LogP contribution in [0.4, 0.5) is 0 Å². The Balaban J connectivity index is 1.59. The zero-order chi connectivity index (χ0) is 10.8. The highest BCUT2D eigenvalue weighted by atomic mass is 32.2. The molecule has 1 aliphatic carbocycles. The second kappa shape index (κ2) is 4.80. The van der Waals surface area contributed by atoms with Crippen LogP contribution in [0.3, 0.4) is 0 Å². The van der Waals surface area contributed by atoms with Crippen molar-refractivity contribution in [3.05, 3.63) is 29.8 Å². The summed E-state index contributed by atoms with van der Waals surface area (Å²) < 4.78 is 0. The summed E-state index contributed by atoms with van der Waals surface area (Å²) in [7, 11) is 0. The first-order chi connectivity index (χ1) is 7.92. The van der Waals surface area contributed by atoms with Crippen LogP contribution in [0.25, 0.3) is 0 Å². The summed E-state index contributed by atoms with van der Waals surface area (Å²) in [5.41, 5.74) is 1.51. The molecule has 0 aromatic heterocycles. The van der Waals surface area contributed by atoms with Crippen molar-refractivity contribution >= 4 is 11.8 Å². The Morgan fingerprint density at radius 3 is 2.56 bits per heavy atom. The van der Waals surface area contributed by atoms with Crippen LogP contribution in [0, 0.1) is 5.92 Å². The molecule has 1 unspecified atom stereocenters. The van der Waals surface area contributed by atoms with Gasteiger partial charge in [0.15, 0.2) is 0 Å². The van der Waals surface area contributed by atoms with Gasteiger partial charge in [0.25, 0.3) is 0 Å². The maximum Gasteiger partial charge on any atom is 0.00722 e. The molecule has 1 N–H and O–H groups in total. The molecule has 1 atom stereocenters. The van der Waals surface area contributed by atoms with Crippen molar-refractivity contribution in [1.82, 2.24) is 5.32 Å². The second-order valence-electron chi connectivity index (χ2n) is 5.01. The summed E-state index contributed by atoms with van der Waals surface area (Å²) in [4.78, 5) is 1.45. The lowest BCUT2D eigenvalue weighted by Gasteiger charge is -2.09. The molecular weight excluding hydrogens is 214 g/mol. The molecular formula is C14H19NS. The summed E-state index contributed by atoms with van der Waals surface area (Å²) >= 11 is 2.03. The molecule has 0 bridgehead atoms. The van der Waals surface area contributed by atoms with Crippen LogP contribution in [-0.2, 0) is 0 Å². The Hall–Kier alpha value is -0.470. The van der Waals surface area contributed by atoms with E-state index in [0.29, 0.717) is 0 Å². The van der Waals surface area contributed by atoms with E-state index in [0.717, 1.165) is 18.4 Å². The number of benzene rings is 1. The van der Waals surface area contributed by atoms with Gasteiger partial charge in [0.2, 0.25) is 0 Å². The van der Waals surface area contributed by atoms with E-state index in [4.69, 9.17) is 0 Å². The molecule has 3 rings (SSSR count). The summed E-state index contributed by atoms with van der Waals surface area (Å²) in [6.07, 6.45) is 4.21. The standard InChI is InChI=1S/C14H19NS/c1-2-11(1)10-16-14-5-3-12(4-6-14)13-7-8-15-9-13/h3-6,11,13,15H,1-2,7-10H2. The topological polar surface area (TPSA) is 12.0 Å². The van der Waals surface area contributed by atoms with Crippen LogP contribution >= 0.6 is 11.8 Å². The molecule has 16 heavy (non-hydrogen) atoms. The average molecular weight is 233 g/mol. The van der Waals surface area contributed by atoms with E-state index >= 15 is 0 Å². The fourth-order valence-electron chi connectivity index (χ4n) is 2.27. The molecule has 1 aliphatic heterocycles. The van der Waals surface area contributed by atoms with Crippen molar-refractivity contribution in [3.8, 4) is 0 Å². The minimum absolute atomic E-state index is 0.752. The van der Waals surface area contributed by atoms with Crippen LogP contribution in [0.1, 0.15) is 30.7 Å². The first-order valence-electron chi connectivity index (χ1n) is 6.35. The van der Waals surface area contributed by atoms with E-state index in [1.165, 1.54) is 42.0 Å². The molecule has 1 heterocycles. The smallest absolute Gasteiger partial charge is 0.00722 e. The van der Waals surface area contributed by atoms with Gasteiger partial charge in [-0.05, 0) is 55.3 Å². The fourth-order valence-corrected chi connectivity index (χ4v) is 3.36. The van der Waals surface area contributed by atoms with Crippen LogP contribution < -0.4 is 5.32 Å². The fraction of sp³-hybridized carbons (Fsp3) is 0.571. The second-order valence-corrected chi connectivity index (χ2v) is 6.11. The van der Waals surface area contributed by atoms with Crippen LogP contribution in [0.15, 0.2) is 29.2 Å². The van der Waals surface area contributed by atoms with E-state index in [1.807, 2.05) is 11.8 Å². The number of hydrogen-bond donors (Lipinski definition) is 1. The molecule has 1 saturated carbocycles. The Kier molecular flexibility index (Phi) is 3.20. The molecule has 0 radical (unpaired) electrons. The molecule has 1 aromatic rings. The van der Waals surface area contributed by atoms with Crippen molar-refractivity contribution in [3.63, 3.8) is 0 Å². The van der Waals surface area contributed by atoms with Gasteiger partial charge < -0.3 is 5.32 Å². The lowest BCUT2D eigenvalue weighted by Crippen LogP contribution is -2.07. The first-order valence-corrected chi connectivity index (χ1v) is 7.34. The summed E-state index contributed by atoms with van der Waals surface area (Å²) in [6.45, 7) is 2.34. The van der Waals surface area contributed by atoms with Crippen molar-refractivity contribution in [2.45, 2.75) is 30.1 Å². The van der Waals surface area contributed by atoms with Crippen molar-refractivity contribution in [2.24, 2.45) is 5.92 Å². The first kappa shape index (κ1) is 10.7. The predicted molar refractivity (Wildman–Crippen MR) is 70.1 cm³/mol. The summed E-state index contributed by atoms with van der Waals surface area (Å²) in [5, 5.41) is 3.43. The largest absolute Gasteiger partial charge is 0.316 e. The summed E-state index contributed by atoms with van der Waals surface area (Å²) in [5.74, 6) is 3.09. The number of thioether (sulfide) groups is 1. The minimum Gasteiger partial charge on any atom is -0.316 e. The van der Waals surface area contributed by atoms with E-state index < -0.39 is 0 Å². The molecule has 2 aliphatic rings. The number of nitrogens with one attached hydrogen (secondary N) is 1. The van der Waals surface area contributed by atoms with Gasteiger partial charge in [-0.25, -0.2) is 0 Å². The lowest BCUT2D eigenvalue weighted by molar-refractivity contribution is 0.762. The van der Waals surface area contributed by atoms with Crippen molar-refractivity contribution in [1.29, 1.82) is 0 Å². The molecule has 0 spiro atoms. The molecule has 0 amide bonds. The molecule has 2 fully saturated rings. The highest BCUT2D eigenvalue weighted by molar-refractivity contribution is 7.99. The average Bonchev–Trinajstić information content (AvgIpc) is 3.00. The normalized spacial score (nSPS) is 24.9.